The van der Waals surface area contributed by atoms with E-state index in [9.17, 15) is 22.4 Å². The molecule has 2 aliphatic heterocycles. The quantitative estimate of drug-likeness (QED) is 0.477. The van der Waals surface area contributed by atoms with Crippen molar-refractivity contribution in [2.45, 2.75) is 69.6 Å². The molecule has 2 aromatic carbocycles. The van der Waals surface area contributed by atoms with Crippen molar-refractivity contribution in [3.8, 4) is 0 Å². The minimum absolute atomic E-state index is 0.00288. The number of thioether (sulfide) groups is 1. The third kappa shape index (κ3) is 6.80. The van der Waals surface area contributed by atoms with Gasteiger partial charge in [-0.25, -0.2) is 21.9 Å². The highest BCUT2D eigenvalue weighted by Crippen LogP contribution is 2.38. The highest BCUT2D eigenvalue weighted by atomic mass is 32.2. The molecule has 0 bridgehead atoms. The van der Waals surface area contributed by atoms with Gasteiger partial charge in [0.2, 0.25) is 10.0 Å². The van der Waals surface area contributed by atoms with E-state index in [-0.39, 0.29) is 30.0 Å². The average molecular weight is 593 g/mol. The fourth-order valence-corrected chi connectivity index (χ4v) is 7.54. The molecule has 4 atom stereocenters. The Morgan fingerprint density at radius 1 is 1.15 bits per heavy atom. The van der Waals surface area contributed by atoms with E-state index >= 15 is 0 Å². The standard InChI is InChI=1S/C29H37FN2O6S2/c1-6-39-25-18-37-24(17-23(25)32(40(5,35)36)28(34)38-29(2,3)4)27(33)31-16-15-19-9-7-8-10-22(19)26(31)20-11-13-21(30)14-12-20/h7-14,23-26H,6,15-18H2,1-5H3/t23-,24+,25-,26-/m0/s1. The first kappa shape index (κ1) is 30.3. The number of hydrogen-bond acceptors (Lipinski definition) is 7. The molecule has 4 rings (SSSR count). The van der Waals surface area contributed by atoms with Crippen LogP contribution in [0.4, 0.5) is 9.18 Å². The molecule has 0 unspecified atom stereocenters. The van der Waals surface area contributed by atoms with Gasteiger partial charge in [0.15, 0.2) is 0 Å². The molecule has 0 radical (unpaired) electrons. The smallest absolute Gasteiger partial charge is 0.424 e. The molecule has 2 aromatic rings. The fourth-order valence-electron chi connectivity index (χ4n) is 5.37. The van der Waals surface area contributed by atoms with Crippen LogP contribution in [0.15, 0.2) is 48.5 Å². The number of benzene rings is 2. The van der Waals surface area contributed by atoms with Gasteiger partial charge in [0.25, 0.3) is 5.91 Å². The normalized spacial score (nSPS) is 23.3. The fraction of sp³-hybridized carbons (Fsp3) is 0.517. The van der Waals surface area contributed by atoms with E-state index in [2.05, 4.69) is 0 Å². The molecule has 0 saturated carbocycles. The maximum atomic E-state index is 14.1. The summed E-state index contributed by atoms with van der Waals surface area (Å²) in [5, 5.41) is -0.369. The van der Waals surface area contributed by atoms with E-state index in [0.717, 1.165) is 27.3 Å². The summed E-state index contributed by atoms with van der Waals surface area (Å²) in [5.41, 5.74) is 1.92. The summed E-state index contributed by atoms with van der Waals surface area (Å²) in [6, 6.07) is 12.7. The summed E-state index contributed by atoms with van der Waals surface area (Å²) in [6.07, 6.45) is -0.332. The largest absolute Gasteiger partial charge is 0.443 e. The first-order valence-electron chi connectivity index (χ1n) is 13.4. The number of amides is 2. The highest BCUT2D eigenvalue weighted by molar-refractivity contribution is 8.00. The van der Waals surface area contributed by atoms with Crippen molar-refractivity contribution in [3.63, 3.8) is 0 Å². The van der Waals surface area contributed by atoms with Gasteiger partial charge >= 0.3 is 6.09 Å². The second kappa shape index (κ2) is 12.1. The Balaban J connectivity index is 1.68. The van der Waals surface area contributed by atoms with Crippen molar-refractivity contribution in [3.05, 3.63) is 71.0 Å². The number of carbonyl (C=O) groups is 2. The Hall–Kier alpha value is -2.63. The summed E-state index contributed by atoms with van der Waals surface area (Å²) in [5.74, 6) is 0.00278. The van der Waals surface area contributed by atoms with E-state index < -0.39 is 39.9 Å². The third-order valence-electron chi connectivity index (χ3n) is 6.99. The first-order valence-corrected chi connectivity index (χ1v) is 16.3. The Labute approximate surface area is 240 Å². The molecule has 1 saturated heterocycles. The lowest BCUT2D eigenvalue weighted by Crippen LogP contribution is -2.58. The predicted octanol–water partition coefficient (Wildman–Crippen LogP) is 4.78. The van der Waals surface area contributed by atoms with Gasteiger partial charge in [-0.2, -0.15) is 11.8 Å². The summed E-state index contributed by atoms with van der Waals surface area (Å²) < 4.78 is 52.0. The molecule has 0 spiro atoms. The summed E-state index contributed by atoms with van der Waals surface area (Å²) in [4.78, 5) is 29.0. The predicted molar refractivity (Wildman–Crippen MR) is 153 cm³/mol. The average Bonchev–Trinajstić information content (AvgIpc) is 2.87. The van der Waals surface area contributed by atoms with E-state index in [1.807, 2.05) is 31.2 Å². The van der Waals surface area contributed by atoms with Crippen molar-refractivity contribution >= 4 is 33.8 Å². The van der Waals surface area contributed by atoms with E-state index in [1.165, 1.54) is 23.9 Å². The second-order valence-corrected chi connectivity index (χ2v) is 14.5. The van der Waals surface area contributed by atoms with Crippen molar-refractivity contribution in [2.24, 2.45) is 0 Å². The van der Waals surface area contributed by atoms with Gasteiger partial charge in [-0.05, 0) is 61.8 Å². The SMILES string of the molecule is CCS[C@H]1CO[C@@H](C(=O)N2CCc3ccccc3[C@@H]2c2ccc(F)cc2)C[C@@H]1N(C(=O)OC(C)(C)C)S(C)(=O)=O. The van der Waals surface area contributed by atoms with Gasteiger partial charge in [-0.1, -0.05) is 43.3 Å². The van der Waals surface area contributed by atoms with Crippen LogP contribution in [0.1, 0.15) is 56.8 Å². The number of halogens is 1. The lowest BCUT2D eigenvalue weighted by Gasteiger charge is -2.44. The minimum atomic E-state index is -4.03. The maximum absolute atomic E-state index is 14.1. The highest BCUT2D eigenvalue weighted by Gasteiger charge is 2.46. The molecule has 1 fully saturated rings. The first-order chi connectivity index (χ1) is 18.8. The van der Waals surface area contributed by atoms with E-state index in [4.69, 9.17) is 9.47 Å². The monoisotopic (exact) mass is 592 g/mol. The topological polar surface area (TPSA) is 93.2 Å². The number of hydrogen-bond donors (Lipinski definition) is 0. The zero-order valence-corrected chi connectivity index (χ0v) is 25.1. The van der Waals surface area contributed by atoms with Gasteiger partial charge in [0.1, 0.15) is 17.5 Å². The van der Waals surface area contributed by atoms with Crippen LogP contribution in [0.25, 0.3) is 0 Å². The van der Waals surface area contributed by atoms with Crippen molar-refractivity contribution < 1.29 is 31.9 Å². The van der Waals surface area contributed by atoms with Crippen LogP contribution in [0.3, 0.4) is 0 Å². The van der Waals surface area contributed by atoms with Crippen LogP contribution in [0.2, 0.25) is 0 Å². The molecule has 0 N–H and O–H groups in total. The number of nitrogens with zero attached hydrogens (tertiary/aromatic N) is 2. The van der Waals surface area contributed by atoms with Gasteiger partial charge in [-0.15, -0.1) is 0 Å². The zero-order valence-electron chi connectivity index (χ0n) is 23.5. The third-order valence-corrected chi connectivity index (χ3v) is 9.33. The van der Waals surface area contributed by atoms with Crippen molar-refractivity contribution in [1.29, 1.82) is 0 Å². The summed E-state index contributed by atoms with van der Waals surface area (Å²) >= 11 is 1.48. The number of sulfonamides is 1. The second-order valence-electron chi connectivity index (χ2n) is 11.1. The molecule has 40 heavy (non-hydrogen) atoms. The summed E-state index contributed by atoms with van der Waals surface area (Å²) in [7, 11) is -4.03. The Morgan fingerprint density at radius 3 is 2.45 bits per heavy atom. The summed E-state index contributed by atoms with van der Waals surface area (Å²) in [6.45, 7) is 7.46. The molecule has 8 nitrogen and oxygen atoms in total. The number of fused-ring (bicyclic) bond motifs is 1. The Kier molecular flexibility index (Phi) is 9.16. The van der Waals surface area contributed by atoms with E-state index in [0.29, 0.717) is 18.7 Å². The molecule has 2 aliphatic rings. The molecular weight excluding hydrogens is 555 g/mol. The van der Waals surface area contributed by atoms with Crippen LogP contribution < -0.4 is 0 Å². The lowest BCUT2D eigenvalue weighted by atomic mass is 9.87. The van der Waals surface area contributed by atoms with Crippen molar-refractivity contribution in [1.82, 2.24) is 9.21 Å². The van der Waals surface area contributed by atoms with Crippen molar-refractivity contribution in [2.75, 3.05) is 25.2 Å². The van der Waals surface area contributed by atoms with Gasteiger partial charge in [0.05, 0.1) is 30.2 Å². The maximum Gasteiger partial charge on any atom is 0.424 e. The molecule has 2 amide bonds. The number of carbonyl (C=O) groups excluding carboxylic acids is 2. The molecule has 0 aromatic heterocycles. The minimum Gasteiger partial charge on any atom is -0.443 e. The molecule has 2 heterocycles. The number of rotatable bonds is 6. The Morgan fingerprint density at radius 2 is 1.82 bits per heavy atom. The van der Waals surface area contributed by atoms with E-state index in [1.54, 1.807) is 37.8 Å². The van der Waals surface area contributed by atoms with Gasteiger partial charge in [-0.3, -0.25) is 4.79 Å². The zero-order chi connectivity index (χ0) is 29.2. The molecule has 11 heteroatoms. The lowest BCUT2D eigenvalue weighted by molar-refractivity contribution is -0.150. The van der Waals surface area contributed by atoms with Gasteiger partial charge in [0, 0.05) is 13.0 Å². The van der Waals surface area contributed by atoms with Crippen LogP contribution in [0.5, 0.6) is 0 Å². The van der Waals surface area contributed by atoms with Crippen LogP contribution in [-0.4, -0.2) is 77.8 Å². The van der Waals surface area contributed by atoms with Gasteiger partial charge < -0.3 is 14.4 Å². The molecule has 0 aliphatic carbocycles. The molecule has 218 valence electrons. The van der Waals surface area contributed by atoms with Crippen LogP contribution >= 0.6 is 11.8 Å². The molecular formula is C29H37FN2O6S2. The van der Waals surface area contributed by atoms with Crippen LogP contribution in [-0.2, 0) is 30.7 Å². The Bertz CT molecular complexity index is 1330. The number of ether oxygens (including phenoxy) is 2. The van der Waals surface area contributed by atoms with Crippen LogP contribution in [0, 0.1) is 5.82 Å².